The monoisotopic (exact) mass is 196 g/mol. The lowest BCUT2D eigenvalue weighted by atomic mass is 9.95. The van der Waals surface area contributed by atoms with Crippen LogP contribution in [-0.2, 0) is 0 Å². The number of hydrogen-bond donors (Lipinski definition) is 1. The highest BCUT2D eigenvalue weighted by molar-refractivity contribution is 4.89. The van der Waals surface area contributed by atoms with Crippen molar-refractivity contribution in [1.82, 2.24) is 4.90 Å². The predicted molar refractivity (Wildman–Crippen MR) is 60.2 cm³/mol. The smallest absolute Gasteiger partial charge is 0.0193 e. The molecule has 2 rings (SSSR count). The second-order valence-corrected chi connectivity index (χ2v) is 5.08. The number of hydrogen-bond acceptors (Lipinski definition) is 2. The van der Waals surface area contributed by atoms with Crippen molar-refractivity contribution in [1.29, 1.82) is 0 Å². The van der Waals surface area contributed by atoms with Gasteiger partial charge in [0.05, 0.1) is 0 Å². The van der Waals surface area contributed by atoms with Crippen LogP contribution in [0, 0.1) is 5.92 Å². The van der Waals surface area contributed by atoms with Gasteiger partial charge in [0.15, 0.2) is 0 Å². The topological polar surface area (TPSA) is 29.3 Å². The summed E-state index contributed by atoms with van der Waals surface area (Å²) in [5.74, 6) is 0.992. The minimum atomic E-state index is 0.600. The van der Waals surface area contributed by atoms with Crippen molar-refractivity contribution in [2.24, 2.45) is 11.7 Å². The van der Waals surface area contributed by atoms with E-state index in [9.17, 15) is 0 Å². The van der Waals surface area contributed by atoms with Crippen LogP contribution in [0.5, 0.6) is 0 Å². The van der Waals surface area contributed by atoms with Gasteiger partial charge in [0.25, 0.3) is 0 Å². The summed E-state index contributed by atoms with van der Waals surface area (Å²) < 4.78 is 0. The Labute approximate surface area is 87.8 Å². The molecule has 1 aliphatic heterocycles. The van der Waals surface area contributed by atoms with Gasteiger partial charge >= 0.3 is 0 Å². The molecule has 2 heteroatoms. The Morgan fingerprint density at radius 2 is 1.93 bits per heavy atom. The number of rotatable bonds is 3. The van der Waals surface area contributed by atoms with Gasteiger partial charge < -0.3 is 5.73 Å². The van der Waals surface area contributed by atoms with E-state index in [0.717, 1.165) is 18.5 Å². The molecular formula is C12H24N2. The number of nitrogens with two attached hydrogens (primary N) is 1. The molecule has 2 N–H and O–H groups in total. The van der Waals surface area contributed by atoms with Crippen molar-refractivity contribution < 1.29 is 0 Å². The molecule has 14 heavy (non-hydrogen) atoms. The normalized spacial score (nSPS) is 32.6. The molecule has 2 aliphatic rings. The van der Waals surface area contributed by atoms with Crippen LogP contribution in [0.4, 0.5) is 0 Å². The molecule has 2 nitrogen and oxygen atoms in total. The van der Waals surface area contributed by atoms with Gasteiger partial charge in [-0.3, -0.25) is 4.90 Å². The van der Waals surface area contributed by atoms with Crippen LogP contribution in [0.2, 0.25) is 0 Å². The van der Waals surface area contributed by atoms with Gasteiger partial charge in [-0.2, -0.15) is 0 Å². The quantitative estimate of drug-likeness (QED) is 0.748. The summed E-state index contributed by atoms with van der Waals surface area (Å²) in [6, 6.07) is 1.47. The zero-order valence-electron chi connectivity index (χ0n) is 9.41. The van der Waals surface area contributed by atoms with Crippen molar-refractivity contribution in [2.75, 3.05) is 13.1 Å². The SMILES string of the molecule is CC(CN)N1CCCC1C1CCCC1. The number of nitrogens with zero attached hydrogens (tertiary/aromatic N) is 1. The molecule has 2 fully saturated rings. The molecule has 1 aliphatic carbocycles. The molecule has 1 heterocycles. The van der Waals surface area contributed by atoms with E-state index in [1.54, 1.807) is 0 Å². The molecule has 0 aromatic rings. The molecular weight excluding hydrogens is 172 g/mol. The van der Waals surface area contributed by atoms with Crippen LogP contribution in [0.15, 0.2) is 0 Å². The molecule has 2 unspecified atom stereocenters. The van der Waals surface area contributed by atoms with Crippen LogP contribution < -0.4 is 5.73 Å². The average Bonchev–Trinajstić information content (AvgIpc) is 2.85. The second-order valence-electron chi connectivity index (χ2n) is 5.08. The zero-order valence-corrected chi connectivity index (χ0v) is 9.41. The van der Waals surface area contributed by atoms with Crippen LogP contribution in [0.1, 0.15) is 45.4 Å². The third-order valence-corrected chi connectivity index (χ3v) is 4.19. The van der Waals surface area contributed by atoms with Crippen molar-refractivity contribution in [3.05, 3.63) is 0 Å². The summed E-state index contributed by atoms with van der Waals surface area (Å²) in [7, 11) is 0. The molecule has 0 aromatic heterocycles. The van der Waals surface area contributed by atoms with Gasteiger partial charge in [0.2, 0.25) is 0 Å². The van der Waals surface area contributed by atoms with Crippen molar-refractivity contribution in [3.8, 4) is 0 Å². The molecule has 82 valence electrons. The lowest BCUT2D eigenvalue weighted by Gasteiger charge is -2.33. The van der Waals surface area contributed by atoms with Gasteiger partial charge in [-0.15, -0.1) is 0 Å². The standard InChI is InChI=1S/C12H24N2/c1-10(9-13)14-8-4-7-12(14)11-5-2-3-6-11/h10-12H,2-9,13H2,1H3. The van der Waals surface area contributed by atoms with E-state index in [4.69, 9.17) is 5.73 Å². The van der Waals surface area contributed by atoms with E-state index in [1.807, 2.05) is 0 Å². The predicted octanol–water partition coefficient (Wildman–Crippen LogP) is 1.99. The maximum atomic E-state index is 5.77. The minimum Gasteiger partial charge on any atom is -0.329 e. The maximum absolute atomic E-state index is 5.77. The van der Waals surface area contributed by atoms with E-state index < -0.39 is 0 Å². The van der Waals surface area contributed by atoms with Crippen LogP contribution in [0.3, 0.4) is 0 Å². The van der Waals surface area contributed by atoms with Crippen molar-refractivity contribution in [3.63, 3.8) is 0 Å². The molecule has 0 aromatic carbocycles. The fourth-order valence-electron chi connectivity index (χ4n) is 3.35. The molecule has 0 bridgehead atoms. The maximum Gasteiger partial charge on any atom is 0.0193 e. The first-order valence-electron chi connectivity index (χ1n) is 6.28. The Hall–Kier alpha value is -0.0800. The molecule has 2 atom stereocenters. The Balaban J connectivity index is 1.95. The highest BCUT2D eigenvalue weighted by Gasteiger charge is 2.34. The highest BCUT2D eigenvalue weighted by Crippen LogP contribution is 2.36. The molecule has 0 spiro atoms. The highest BCUT2D eigenvalue weighted by atomic mass is 15.2. The summed E-state index contributed by atoms with van der Waals surface area (Å²) >= 11 is 0. The Bertz CT molecular complexity index is 175. The summed E-state index contributed by atoms with van der Waals surface area (Å²) in [5.41, 5.74) is 5.77. The fraction of sp³-hybridized carbons (Fsp3) is 1.00. The summed E-state index contributed by atoms with van der Waals surface area (Å²) in [5, 5.41) is 0. The summed E-state index contributed by atoms with van der Waals surface area (Å²) in [6.07, 6.45) is 8.69. The van der Waals surface area contributed by atoms with Crippen molar-refractivity contribution >= 4 is 0 Å². The van der Waals surface area contributed by atoms with E-state index in [-0.39, 0.29) is 0 Å². The van der Waals surface area contributed by atoms with E-state index in [2.05, 4.69) is 11.8 Å². The first-order chi connectivity index (χ1) is 6.83. The fourth-order valence-corrected chi connectivity index (χ4v) is 3.35. The van der Waals surface area contributed by atoms with E-state index >= 15 is 0 Å². The lowest BCUT2D eigenvalue weighted by Crippen LogP contribution is -2.44. The Morgan fingerprint density at radius 1 is 1.21 bits per heavy atom. The van der Waals surface area contributed by atoms with Crippen LogP contribution >= 0.6 is 0 Å². The van der Waals surface area contributed by atoms with Gasteiger partial charge in [-0.05, 0) is 45.1 Å². The lowest BCUT2D eigenvalue weighted by molar-refractivity contribution is 0.147. The Kier molecular flexibility index (Phi) is 3.45. The minimum absolute atomic E-state index is 0.600. The first-order valence-corrected chi connectivity index (χ1v) is 6.28. The third-order valence-electron chi connectivity index (χ3n) is 4.19. The molecule has 0 radical (unpaired) electrons. The summed E-state index contributed by atoms with van der Waals surface area (Å²) in [6.45, 7) is 4.40. The van der Waals surface area contributed by atoms with E-state index in [1.165, 1.54) is 45.1 Å². The average molecular weight is 196 g/mol. The second kappa shape index (κ2) is 4.63. The van der Waals surface area contributed by atoms with Gasteiger partial charge in [-0.1, -0.05) is 12.8 Å². The molecule has 1 saturated carbocycles. The van der Waals surface area contributed by atoms with Gasteiger partial charge in [0, 0.05) is 18.6 Å². The van der Waals surface area contributed by atoms with Crippen molar-refractivity contribution in [2.45, 2.75) is 57.5 Å². The third kappa shape index (κ3) is 1.96. The summed E-state index contributed by atoms with van der Waals surface area (Å²) in [4.78, 5) is 2.68. The number of likely N-dealkylation sites (tertiary alicyclic amines) is 1. The Morgan fingerprint density at radius 3 is 2.57 bits per heavy atom. The van der Waals surface area contributed by atoms with Crippen LogP contribution in [0.25, 0.3) is 0 Å². The largest absolute Gasteiger partial charge is 0.329 e. The molecule has 0 amide bonds. The zero-order chi connectivity index (χ0) is 9.97. The van der Waals surface area contributed by atoms with E-state index in [0.29, 0.717) is 6.04 Å². The van der Waals surface area contributed by atoms with Crippen LogP contribution in [-0.4, -0.2) is 30.1 Å². The first kappa shape index (κ1) is 10.4. The molecule has 1 saturated heterocycles. The van der Waals surface area contributed by atoms with Gasteiger partial charge in [0.1, 0.15) is 0 Å². The van der Waals surface area contributed by atoms with Gasteiger partial charge in [-0.25, -0.2) is 0 Å².